The molecule has 164 valence electrons. The van der Waals surface area contributed by atoms with Crippen molar-refractivity contribution in [2.24, 2.45) is 0 Å². The molecule has 34 heavy (non-hydrogen) atoms. The third kappa shape index (κ3) is 2.52. The van der Waals surface area contributed by atoms with Gasteiger partial charge in [-0.2, -0.15) is 0 Å². The molecule has 1 aliphatic carbocycles. The molecule has 7 rings (SSSR count). The van der Waals surface area contributed by atoms with Crippen molar-refractivity contribution in [1.82, 2.24) is 0 Å². The van der Waals surface area contributed by atoms with Crippen LogP contribution in [0.1, 0.15) is 12.5 Å². The maximum absolute atomic E-state index is 6.41. The van der Waals surface area contributed by atoms with Crippen LogP contribution < -0.4 is 10.6 Å². The van der Waals surface area contributed by atoms with Gasteiger partial charge in [-0.25, -0.2) is 0 Å². The Hall–Kier alpha value is -4.24. The molecule has 0 saturated carbocycles. The molecule has 0 radical (unpaired) electrons. The van der Waals surface area contributed by atoms with Crippen molar-refractivity contribution in [2.45, 2.75) is 18.4 Å². The number of hydrogen-bond donors (Lipinski definition) is 1. The van der Waals surface area contributed by atoms with Crippen molar-refractivity contribution < 1.29 is 4.42 Å². The predicted octanol–water partition coefficient (Wildman–Crippen LogP) is 7.74. The maximum atomic E-state index is 6.41. The van der Waals surface area contributed by atoms with Crippen LogP contribution in [-0.2, 0) is 5.41 Å². The summed E-state index contributed by atoms with van der Waals surface area (Å²) < 4.78 is 6.41. The van der Waals surface area contributed by atoms with E-state index in [9.17, 15) is 0 Å². The highest BCUT2D eigenvalue weighted by Crippen LogP contribution is 2.53. The normalized spacial score (nSPS) is 20.7. The van der Waals surface area contributed by atoms with Gasteiger partial charge >= 0.3 is 0 Å². The second-order valence-corrected chi connectivity index (χ2v) is 9.42. The minimum atomic E-state index is -0.102. The van der Waals surface area contributed by atoms with E-state index in [-0.39, 0.29) is 11.5 Å². The first kappa shape index (κ1) is 19.2. The van der Waals surface area contributed by atoms with Crippen LogP contribution in [0.15, 0.2) is 114 Å². The summed E-state index contributed by atoms with van der Waals surface area (Å²) in [5, 5.41) is 2.25. The number of para-hydroxylation sites is 3. The molecule has 0 spiro atoms. The Kier molecular flexibility index (Phi) is 3.89. The largest absolute Gasteiger partial charge is 0.455 e. The van der Waals surface area contributed by atoms with Crippen molar-refractivity contribution in [2.75, 3.05) is 10.6 Å². The maximum Gasteiger partial charge on any atom is 0.143 e. The lowest BCUT2D eigenvalue weighted by Gasteiger charge is -2.35. The minimum Gasteiger partial charge on any atom is -0.455 e. The van der Waals surface area contributed by atoms with Gasteiger partial charge in [0.25, 0.3) is 0 Å². The zero-order chi connectivity index (χ0) is 22.9. The van der Waals surface area contributed by atoms with E-state index in [1.165, 1.54) is 11.3 Å². The lowest BCUT2D eigenvalue weighted by Crippen LogP contribution is -2.39. The number of nitrogen functional groups attached to an aromatic ring is 1. The first-order valence-electron chi connectivity index (χ1n) is 11.7. The number of nitrogens with two attached hydrogens (primary N) is 1. The van der Waals surface area contributed by atoms with Gasteiger partial charge in [0.2, 0.25) is 0 Å². The molecule has 3 heteroatoms. The van der Waals surface area contributed by atoms with Crippen LogP contribution >= 0.6 is 0 Å². The number of anilines is 3. The summed E-state index contributed by atoms with van der Waals surface area (Å²) >= 11 is 0. The Morgan fingerprint density at radius 3 is 2.56 bits per heavy atom. The molecule has 4 aromatic carbocycles. The molecule has 2 atom stereocenters. The predicted molar refractivity (Wildman–Crippen MR) is 142 cm³/mol. The van der Waals surface area contributed by atoms with Crippen LogP contribution in [-0.4, -0.2) is 6.04 Å². The standard InChI is InChI=1S/C31H24N2O/c1-31-18-7-6-15-29(31)33(27-13-4-3-12-25(27)31)26-17-16-20(32)19-24(26)23-11-8-10-22-21-9-2-5-14-28(21)34-30(22)23/h2-19,29H,32H2,1H3. The third-order valence-corrected chi connectivity index (χ3v) is 7.46. The summed E-state index contributed by atoms with van der Waals surface area (Å²) in [7, 11) is 0. The molecule has 0 saturated heterocycles. The first-order valence-corrected chi connectivity index (χ1v) is 11.7. The average molecular weight is 441 g/mol. The number of rotatable bonds is 2. The summed E-state index contributed by atoms with van der Waals surface area (Å²) in [4.78, 5) is 2.46. The number of benzene rings is 4. The molecule has 1 aliphatic heterocycles. The van der Waals surface area contributed by atoms with E-state index in [4.69, 9.17) is 10.2 Å². The van der Waals surface area contributed by atoms with E-state index >= 15 is 0 Å². The van der Waals surface area contributed by atoms with Crippen LogP contribution in [0.25, 0.3) is 33.1 Å². The Bertz CT molecular complexity index is 1660. The molecule has 0 fully saturated rings. The van der Waals surface area contributed by atoms with Gasteiger partial charge in [0.1, 0.15) is 11.2 Å². The lowest BCUT2D eigenvalue weighted by atomic mass is 9.76. The SMILES string of the molecule is CC12C=CC=CC1N(c1ccc(N)cc1-c1cccc3c1oc1ccccc13)c1ccccc12. The number of nitrogens with zero attached hydrogens (tertiary/aromatic N) is 1. The van der Waals surface area contributed by atoms with E-state index in [0.717, 1.165) is 44.4 Å². The second kappa shape index (κ2) is 6.88. The van der Waals surface area contributed by atoms with E-state index in [2.05, 4.69) is 103 Å². The molecule has 1 aromatic heterocycles. The lowest BCUT2D eigenvalue weighted by molar-refractivity contribution is 0.551. The summed E-state index contributed by atoms with van der Waals surface area (Å²) in [6.45, 7) is 2.33. The van der Waals surface area contributed by atoms with Crippen molar-refractivity contribution in [3.63, 3.8) is 0 Å². The summed E-state index contributed by atoms with van der Waals surface area (Å²) in [5.41, 5.74) is 14.6. The first-order chi connectivity index (χ1) is 16.6. The van der Waals surface area contributed by atoms with Gasteiger partial charge in [-0.1, -0.05) is 78.9 Å². The van der Waals surface area contributed by atoms with E-state index < -0.39 is 0 Å². The fraction of sp³-hybridized carbons (Fsp3) is 0.0968. The molecule has 0 amide bonds. The van der Waals surface area contributed by atoms with Gasteiger partial charge in [0.05, 0.1) is 6.04 Å². The van der Waals surface area contributed by atoms with Crippen LogP contribution in [0.4, 0.5) is 17.1 Å². The van der Waals surface area contributed by atoms with Crippen molar-refractivity contribution >= 4 is 39.0 Å². The Labute approximate surface area is 198 Å². The number of hydrogen-bond acceptors (Lipinski definition) is 3. The Morgan fingerprint density at radius 2 is 1.62 bits per heavy atom. The molecule has 2 N–H and O–H groups in total. The summed E-state index contributed by atoms with van der Waals surface area (Å²) in [6.07, 6.45) is 8.95. The van der Waals surface area contributed by atoms with Gasteiger partial charge in [0, 0.05) is 44.4 Å². The van der Waals surface area contributed by atoms with Crippen LogP contribution in [0.5, 0.6) is 0 Å². The van der Waals surface area contributed by atoms with E-state index in [1.54, 1.807) is 0 Å². The zero-order valence-corrected chi connectivity index (χ0v) is 18.9. The molecule has 2 unspecified atom stereocenters. The quantitative estimate of drug-likeness (QED) is 0.286. The van der Waals surface area contributed by atoms with E-state index in [1.807, 2.05) is 18.2 Å². The number of allylic oxidation sites excluding steroid dienone is 2. The van der Waals surface area contributed by atoms with Crippen LogP contribution in [0, 0.1) is 0 Å². The fourth-order valence-corrected chi connectivity index (χ4v) is 5.83. The number of furan rings is 1. The highest BCUT2D eigenvalue weighted by Gasteiger charge is 2.46. The minimum absolute atomic E-state index is 0.102. The van der Waals surface area contributed by atoms with Crippen LogP contribution in [0.3, 0.4) is 0 Å². The van der Waals surface area contributed by atoms with Gasteiger partial charge < -0.3 is 15.1 Å². The van der Waals surface area contributed by atoms with Crippen molar-refractivity contribution in [3.8, 4) is 11.1 Å². The zero-order valence-electron chi connectivity index (χ0n) is 18.9. The molecule has 5 aromatic rings. The molecular formula is C31H24N2O. The van der Waals surface area contributed by atoms with Gasteiger partial charge in [0.15, 0.2) is 0 Å². The smallest absolute Gasteiger partial charge is 0.143 e. The topological polar surface area (TPSA) is 42.4 Å². The second-order valence-electron chi connectivity index (χ2n) is 9.42. The van der Waals surface area contributed by atoms with Crippen molar-refractivity contribution in [1.29, 1.82) is 0 Å². The highest BCUT2D eigenvalue weighted by molar-refractivity contribution is 6.10. The van der Waals surface area contributed by atoms with Gasteiger partial charge in [-0.05, 0) is 42.8 Å². The molecular weight excluding hydrogens is 416 g/mol. The van der Waals surface area contributed by atoms with Crippen LogP contribution in [0.2, 0.25) is 0 Å². The fourth-order valence-electron chi connectivity index (χ4n) is 5.83. The monoisotopic (exact) mass is 440 g/mol. The van der Waals surface area contributed by atoms with Crippen molar-refractivity contribution in [3.05, 3.63) is 115 Å². The Balaban J connectivity index is 1.52. The molecule has 0 bridgehead atoms. The Morgan fingerprint density at radius 1 is 0.794 bits per heavy atom. The summed E-state index contributed by atoms with van der Waals surface area (Å²) in [5.74, 6) is 0. The van der Waals surface area contributed by atoms with E-state index in [0.29, 0.717) is 0 Å². The molecule has 3 nitrogen and oxygen atoms in total. The van der Waals surface area contributed by atoms with Gasteiger partial charge in [-0.3, -0.25) is 0 Å². The third-order valence-electron chi connectivity index (χ3n) is 7.46. The highest BCUT2D eigenvalue weighted by atomic mass is 16.3. The summed E-state index contributed by atoms with van der Waals surface area (Å²) in [6, 6.07) is 29.7. The van der Waals surface area contributed by atoms with Gasteiger partial charge in [-0.15, -0.1) is 0 Å². The molecule has 2 heterocycles. The molecule has 2 aliphatic rings. The average Bonchev–Trinajstić information content (AvgIpc) is 3.37. The number of fused-ring (bicyclic) bond motifs is 6.